The van der Waals surface area contributed by atoms with E-state index in [9.17, 15) is 23.1 Å². The van der Waals surface area contributed by atoms with Crippen LogP contribution in [-0.2, 0) is 6.18 Å². The summed E-state index contributed by atoms with van der Waals surface area (Å²) in [5.74, 6) is -1.66. The van der Waals surface area contributed by atoms with Crippen LogP contribution in [0.25, 0.3) is 10.8 Å². The molecule has 0 spiro atoms. The number of carboxylic acids is 1. The van der Waals surface area contributed by atoms with E-state index in [4.69, 9.17) is 9.47 Å². The Hall–Kier alpha value is -2.44. The van der Waals surface area contributed by atoms with Crippen molar-refractivity contribution in [2.45, 2.75) is 19.5 Å². The fraction of sp³-hybridized carbons (Fsp3) is 0.312. The van der Waals surface area contributed by atoms with E-state index in [1.54, 1.807) is 0 Å². The van der Waals surface area contributed by atoms with Crippen LogP contribution in [0.3, 0.4) is 0 Å². The van der Waals surface area contributed by atoms with Crippen molar-refractivity contribution in [3.63, 3.8) is 0 Å². The molecule has 1 N–H and O–H groups in total. The highest BCUT2D eigenvalue weighted by Gasteiger charge is 2.37. The first kappa shape index (κ1) is 16.9. The standard InChI is InChI=1S/C16H15F3O4/c1-3-8-23-11-6-5-10-9(13(11)15(20)21)4-7-12(22-2)14(10)16(17,18)19/h4-7H,3,8H2,1-2H3,(H,20,21). The van der Waals surface area contributed by atoms with E-state index < -0.39 is 17.7 Å². The van der Waals surface area contributed by atoms with E-state index in [2.05, 4.69) is 0 Å². The second kappa shape index (κ2) is 6.36. The van der Waals surface area contributed by atoms with Crippen LogP contribution in [0.4, 0.5) is 13.2 Å². The normalized spacial score (nSPS) is 11.5. The zero-order chi connectivity index (χ0) is 17.2. The Labute approximate surface area is 130 Å². The van der Waals surface area contributed by atoms with E-state index in [1.807, 2.05) is 6.92 Å². The number of aromatic carboxylic acids is 1. The number of benzene rings is 2. The minimum absolute atomic E-state index is 0.0424. The van der Waals surface area contributed by atoms with Crippen molar-refractivity contribution in [1.29, 1.82) is 0 Å². The first-order valence-corrected chi connectivity index (χ1v) is 6.88. The van der Waals surface area contributed by atoms with Crippen LogP contribution in [0.1, 0.15) is 29.3 Å². The van der Waals surface area contributed by atoms with Gasteiger partial charge in [0.2, 0.25) is 0 Å². The molecule has 0 amide bonds. The smallest absolute Gasteiger partial charge is 0.420 e. The van der Waals surface area contributed by atoms with E-state index in [-0.39, 0.29) is 34.4 Å². The average Bonchev–Trinajstić information content (AvgIpc) is 2.49. The zero-order valence-electron chi connectivity index (χ0n) is 12.5. The molecule has 0 aliphatic rings. The van der Waals surface area contributed by atoms with Gasteiger partial charge in [0.05, 0.1) is 13.7 Å². The Morgan fingerprint density at radius 2 is 1.74 bits per heavy atom. The molecule has 0 fully saturated rings. The minimum atomic E-state index is -4.67. The largest absolute Gasteiger partial charge is 0.496 e. The summed E-state index contributed by atoms with van der Waals surface area (Å²) >= 11 is 0. The van der Waals surface area contributed by atoms with Crippen molar-refractivity contribution in [1.82, 2.24) is 0 Å². The molecule has 0 radical (unpaired) electrons. The van der Waals surface area contributed by atoms with Crippen LogP contribution in [0.5, 0.6) is 11.5 Å². The SMILES string of the molecule is CCCOc1ccc2c(C(F)(F)F)c(OC)ccc2c1C(=O)O. The molecule has 0 atom stereocenters. The molecule has 0 aromatic heterocycles. The maximum atomic E-state index is 13.3. The summed E-state index contributed by atoms with van der Waals surface area (Å²) in [5, 5.41) is 9.11. The summed E-state index contributed by atoms with van der Waals surface area (Å²) in [6, 6.07) is 4.86. The van der Waals surface area contributed by atoms with Crippen LogP contribution >= 0.6 is 0 Å². The fourth-order valence-electron chi connectivity index (χ4n) is 2.38. The van der Waals surface area contributed by atoms with Gasteiger partial charge in [-0.15, -0.1) is 0 Å². The summed E-state index contributed by atoms with van der Waals surface area (Å²) in [6.45, 7) is 2.11. The number of hydrogen-bond donors (Lipinski definition) is 1. The molecule has 0 aliphatic heterocycles. The number of carbonyl (C=O) groups is 1. The van der Waals surface area contributed by atoms with Crippen LogP contribution in [0.2, 0.25) is 0 Å². The predicted molar refractivity (Wildman–Crippen MR) is 78.2 cm³/mol. The van der Waals surface area contributed by atoms with Gasteiger partial charge in [0.15, 0.2) is 0 Å². The summed E-state index contributed by atoms with van der Waals surface area (Å²) in [6.07, 6.45) is -4.03. The molecule has 2 rings (SSSR count). The minimum Gasteiger partial charge on any atom is -0.496 e. The third kappa shape index (κ3) is 3.18. The van der Waals surface area contributed by atoms with Crippen LogP contribution in [-0.4, -0.2) is 24.8 Å². The highest BCUT2D eigenvalue weighted by atomic mass is 19.4. The molecule has 124 valence electrons. The molecule has 2 aromatic carbocycles. The molecule has 0 saturated heterocycles. The van der Waals surface area contributed by atoms with Crippen LogP contribution in [0, 0.1) is 0 Å². The van der Waals surface area contributed by atoms with Gasteiger partial charge in [-0.25, -0.2) is 4.79 Å². The van der Waals surface area contributed by atoms with Crippen LogP contribution < -0.4 is 9.47 Å². The first-order valence-electron chi connectivity index (χ1n) is 6.88. The third-order valence-electron chi connectivity index (χ3n) is 3.30. The zero-order valence-corrected chi connectivity index (χ0v) is 12.5. The summed E-state index contributed by atoms with van der Waals surface area (Å²) in [4.78, 5) is 11.5. The van der Waals surface area contributed by atoms with Gasteiger partial charge < -0.3 is 14.6 Å². The van der Waals surface area contributed by atoms with Gasteiger partial charge in [-0.3, -0.25) is 0 Å². The van der Waals surface area contributed by atoms with Gasteiger partial charge in [-0.1, -0.05) is 6.92 Å². The first-order chi connectivity index (χ1) is 10.8. The molecular weight excluding hydrogens is 313 g/mol. The van der Waals surface area contributed by atoms with Gasteiger partial charge in [-0.05, 0) is 36.1 Å². The number of rotatable bonds is 5. The van der Waals surface area contributed by atoms with Gasteiger partial charge in [0.25, 0.3) is 0 Å². The topological polar surface area (TPSA) is 55.8 Å². The monoisotopic (exact) mass is 328 g/mol. The predicted octanol–water partition coefficient (Wildman–Crippen LogP) is 4.35. The van der Waals surface area contributed by atoms with Gasteiger partial charge in [0, 0.05) is 5.39 Å². The number of fused-ring (bicyclic) bond motifs is 1. The second-order valence-electron chi connectivity index (χ2n) is 4.83. The van der Waals surface area contributed by atoms with Gasteiger partial charge in [0.1, 0.15) is 22.6 Å². The summed E-state index contributed by atoms with van der Waals surface area (Å²) in [5.41, 5.74) is -1.29. The summed E-state index contributed by atoms with van der Waals surface area (Å²) < 4.78 is 50.1. The number of methoxy groups -OCH3 is 1. The van der Waals surface area contributed by atoms with Crippen LogP contribution in [0.15, 0.2) is 24.3 Å². The quantitative estimate of drug-likeness (QED) is 0.886. The Balaban J connectivity index is 2.82. The van der Waals surface area contributed by atoms with Gasteiger partial charge >= 0.3 is 12.1 Å². The Kier molecular flexibility index (Phi) is 4.68. The lowest BCUT2D eigenvalue weighted by atomic mass is 9.98. The van der Waals surface area contributed by atoms with Crippen molar-refractivity contribution in [2.75, 3.05) is 13.7 Å². The molecule has 2 aromatic rings. The fourth-order valence-corrected chi connectivity index (χ4v) is 2.38. The lowest BCUT2D eigenvalue weighted by molar-refractivity contribution is -0.137. The molecule has 4 nitrogen and oxygen atoms in total. The number of alkyl halides is 3. The van der Waals surface area contributed by atoms with Crippen molar-refractivity contribution in [3.05, 3.63) is 35.4 Å². The highest BCUT2D eigenvalue weighted by Crippen LogP contribution is 2.43. The number of halogens is 3. The maximum Gasteiger partial charge on any atom is 0.420 e. The molecule has 0 aliphatic carbocycles. The average molecular weight is 328 g/mol. The second-order valence-corrected chi connectivity index (χ2v) is 4.83. The Morgan fingerprint density at radius 3 is 2.26 bits per heavy atom. The van der Waals surface area contributed by atoms with Crippen molar-refractivity contribution in [2.24, 2.45) is 0 Å². The van der Waals surface area contributed by atoms with Crippen molar-refractivity contribution >= 4 is 16.7 Å². The number of ether oxygens (including phenoxy) is 2. The third-order valence-corrected chi connectivity index (χ3v) is 3.30. The number of hydrogen-bond acceptors (Lipinski definition) is 3. The van der Waals surface area contributed by atoms with E-state index >= 15 is 0 Å². The van der Waals surface area contributed by atoms with Crippen molar-refractivity contribution < 1.29 is 32.5 Å². The lowest BCUT2D eigenvalue weighted by Crippen LogP contribution is -2.10. The molecule has 0 unspecified atom stereocenters. The lowest BCUT2D eigenvalue weighted by Gasteiger charge is -2.17. The highest BCUT2D eigenvalue weighted by molar-refractivity contribution is 6.07. The Morgan fingerprint density at radius 1 is 1.13 bits per heavy atom. The maximum absolute atomic E-state index is 13.3. The molecule has 0 saturated carbocycles. The Bertz CT molecular complexity index is 738. The van der Waals surface area contributed by atoms with Crippen molar-refractivity contribution in [3.8, 4) is 11.5 Å². The molecule has 23 heavy (non-hydrogen) atoms. The van der Waals surface area contributed by atoms with E-state index in [1.165, 1.54) is 18.2 Å². The van der Waals surface area contributed by atoms with E-state index in [0.29, 0.717) is 6.42 Å². The number of carboxylic acid groups (broad SMARTS) is 1. The summed E-state index contributed by atoms with van der Waals surface area (Å²) in [7, 11) is 1.13. The molecular formula is C16H15F3O4. The molecule has 0 bridgehead atoms. The van der Waals surface area contributed by atoms with E-state index in [0.717, 1.165) is 13.2 Å². The molecule has 0 heterocycles. The molecule has 7 heteroatoms. The van der Waals surface area contributed by atoms with Gasteiger partial charge in [-0.2, -0.15) is 13.2 Å².